The van der Waals surface area contributed by atoms with Gasteiger partial charge in [0.1, 0.15) is 0 Å². The maximum absolute atomic E-state index is 4.91. The molecule has 0 N–H and O–H groups in total. The van der Waals surface area contributed by atoms with Gasteiger partial charge < -0.3 is 4.74 Å². The number of rotatable bonds is 2. The molecule has 1 atom stereocenters. The van der Waals surface area contributed by atoms with E-state index in [9.17, 15) is 0 Å². The Bertz CT molecular complexity index is 201. The first-order chi connectivity index (χ1) is 5.74. The summed E-state index contributed by atoms with van der Waals surface area (Å²) in [6, 6.07) is 0. The van der Waals surface area contributed by atoms with Crippen molar-refractivity contribution < 1.29 is 4.74 Å². The molecule has 0 amide bonds. The Morgan fingerprint density at radius 1 is 1.33 bits per heavy atom. The van der Waals surface area contributed by atoms with Gasteiger partial charge in [-0.3, -0.25) is 0 Å². The Hall–Kier alpha value is -0.720. The van der Waals surface area contributed by atoms with Crippen LogP contribution < -0.4 is 0 Å². The molecule has 0 aromatic rings. The highest BCUT2D eigenvalue weighted by atomic mass is 16.5. The Morgan fingerprint density at radius 2 is 2.08 bits per heavy atom. The molecule has 0 aromatic heterocycles. The number of methoxy groups -OCH3 is 1. The van der Waals surface area contributed by atoms with E-state index in [1.807, 2.05) is 0 Å². The van der Waals surface area contributed by atoms with Crippen LogP contribution in [0.2, 0.25) is 0 Å². The second-order valence-electron chi connectivity index (χ2n) is 3.63. The first-order valence-electron chi connectivity index (χ1n) is 4.58. The molecule has 1 aliphatic rings. The minimum Gasteiger partial charge on any atom is -0.505 e. The van der Waals surface area contributed by atoms with Crippen LogP contribution in [0.4, 0.5) is 0 Å². The molecule has 1 rings (SSSR count). The van der Waals surface area contributed by atoms with Gasteiger partial charge in [0.2, 0.25) is 0 Å². The van der Waals surface area contributed by atoms with Crippen LogP contribution in [0.3, 0.4) is 0 Å². The van der Waals surface area contributed by atoms with Gasteiger partial charge in [-0.15, -0.1) is 0 Å². The Balaban J connectivity index is 2.49. The third-order valence-corrected chi connectivity index (χ3v) is 2.67. The van der Waals surface area contributed by atoms with Crippen LogP contribution in [0, 0.1) is 5.92 Å². The molecule has 0 saturated carbocycles. The standard InChI is InChI=1S/C11H18O/c1-9-4-5-11(6-7-12-3)8-10(9)2/h6-7,11H,4-5,8H2,1-3H3/b7-6+. The molecule has 0 aromatic carbocycles. The van der Waals surface area contributed by atoms with Crippen molar-refractivity contribution in [2.75, 3.05) is 7.11 Å². The van der Waals surface area contributed by atoms with Crippen molar-refractivity contribution in [1.29, 1.82) is 0 Å². The number of allylic oxidation sites excluding steroid dienone is 3. The topological polar surface area (TPSA) is 9.23 Å². The van der Waals surface area contributed by atoms with Crippen molar-refractivity contribution in [2.24, 2.45) is 5.92 Å². The van der Waals surface area contributed by atoms with E-state index in [2.05, 4.69) is 19.9 Å². The van der Waals surface area contributed by atoms with Gasteiger partial charge in [-0.1, -0.05) is 11.1 Å². The van der Waals surface area contributed by atoms with Gasteiger partial charge in [0.15, 0.2) is 0 Å². The lowest BCUT2D eigenvalue weighted by atomic mass is 9.85. The third-order valence-electron chi connectivity index (χ3n) is 2.67. The SMILES string of the molecule is CO/C=C/C1CCC(C)=C(C)C1. The van der Waals surface area contributed by atoms with Gasteiger partial charge in [-0.25, -0.2) is 0 Å². The Kier molecular flexibility index (Phi) is 3.39. The molecule has 0 heterocycles. The van der Waals surface area contributed by atoms with Crippen LogP contribution in [0.15, 0.2) is 23.5 Å². The summed E-state index contributed by atoms with van der Waals surface area (Å²) in [5, 5.41) is 0. The molecule has 68 valence electrons. The smallest absolute Gasteiger partial charge is 0.0787 e. The second kappa shape index (κ2) is 4.34. The van der Waals surface area contributed by atoms with Gasteiger partial charge in [0.25, 0.3) is 0 Å². The molecule has 0 saturated heterocycles. The Morgan fingerprint density at radius 3 is 2.67 bits per heavy atom. The highest BCUT2D eigenvalue weighted by Crippen LogP contribution is 2.29. The fourth-order valence-electron chi connectivity index (χ4n) is 1.64. The van der Waals surface area contributed by atoms with Crippen LogP contribution >= 0.6 is 0 Å². The molecule has 1 aliphatic carbocycles. The summed E-state index contributed by atoms with van der Waals surface area (Å²) >= 11 is 0. The zero-order valence-corrected chi connectivity index (χ0v) is 8.26. The van der Waals surface area contributed by atoms with E-state index in [1.165, 1.54) is 19.3 Å². The fourth-order valence-corrected chi connectivity index (χ4v) is 1.64. The molecule has 0 radical (unpaired) electrons. The lowest BCUT2D eigenvalue weighted by Crippen LogP contribution is -2.05. The minimum atomic E-state index is 0.702. The zero-order valence-electron chi connectivity index (χ0n) is 8.26. The largest absolute Gasteiger partial charge is 0.505 e. The molecule has 1 unspecified atom stereocenters. The van der Waals surface area contributed by atoms with Crippen LogP contribution in [0.1, 0.15) is 33.1 Å². The molecule has 1 nitrogen and oxygen atoms in total. The van der Waals surface area contributed by atoms with E-state index in [-0.39, 0.29) is 0 Å². The molecule has 0 spiro atoms. The average molecular weight is 166 g/mol. The summed E-state index contributed by atoms with van der Waals surface area (Å²) in [5.41, 5.74) is 3.14. The lowest BCUT2D eigenvalue weighted by Gasteiger charge is -2.21. The summed E-state index contributed by atoms with van der Waals surface area (Å²) in [6.45, 7) is 4.48. The predicted octanol–water partition coefficient (Wildman–Crippen LogP) is 3.28. The van der Waals surface area contributed by atoms with Crippen LogP contribution in [0.25, 0.3) is 0 Å². The van der Waals surface area contributed by atoms with Gasteiger partial charge in [-0.05, 0) is 45.1 Å². The van der Waals surface area contributed by atoms with Crippen molar-refractivity contribution in [1.82, 2.24) is 0 Å². The van der Waals surface area contributed by atoms with Crippen molar-refractivity contribution in [3.05, 3.63) is 23.5 Å². The van der Waals surface area contributed by atoms with Gasteiger partial charge in [-0.2, -0.15) is 0 Å². The summed E-state index contributed by atoms with van der Waals surface area (Å²) < 4.78 is 4.91. The lowest BCUT2D eigenvalue weighted by molar-refractivity contribution is 0.332. The molecular formula is C11H18O. The average Bonchev–Trinajstić information content (AvgIpc) is 2.07. The van der Waals surface area contributed by atoms with E-state index < -0.39 is 0 Å². The molecule has 12 heavy (non-hydrogen) atoms. The summed E-state index contributed by atoms with van der Waals surface area (Å²) in [6.07, 6.45) is 7.73. The van der Waals surface area contributed by atoms with Gasteiger partial charge in [0, 0.05) is 0 Å². The first kappa shape index (κ1) is 9.37. The summed E-state index contributed by atoms with van der Waals surface area (Å²) in [5.74, 6) is 0.702. The molecule has 1 heteroatoms. The molecule has 0 aliphatic heterocycles. The van der Waals surface area contributed by atoms with Crippen LogP contribution in [-0.4, -0.2) is 7.11 Å². The predicted molar refractivity (Wildman–Crippen MR) is 51.9 cm³/mol. The van der Waals surface area contributed by atoms with Crippen molar-refractivity contribution in [3.8, 4) is 0 Å². The normalized spacial score (nSPS) is 25.1. The molecule has 0 fully saturated rings. The van der Waals surface area contributed by atoms with Crippen molar-refractivity contribution in [3.63, 3.8) is 0 Å². The van der Waals surface area contributed by atoms with Crippen molar-refractivity contribution >= 4 is 0 Å². The maximum Gasteiger partial charge on any atom is 0.0787 e. The van der Waals surface area contributed by atoms with E-state index >= 15 is 0 Å². The maximum atomic E-state index is 4.91. The second-order valence-corrected chi connectivity index (χ2v) is 3.63. The first-order valence-corrected chi connectivity index (χ1v) is 4.58. The minimum absolute atomic E-state index is 0.702. The van der Waals surface area contributed by atoms with Gasteiger partial charge in [0.05, 0.1) is 13.4 Å². The zero-order chi connectivity index (χ0) is 8.97. The highest BCUT2D eigenvalue weighted by Gasteiger charge is 2.13. The third kappa shape index (κ3) is 2.40. The molecule has 0 bridgehead atoms. The number of ether oxygens (including phenoxy) is 1. The monoisotopic (exact) mass is 166 g/mol. The summed E-state index contributed by atoms with van der Waals surface area (Å²) in [7, 11) is 1.70. The van der Waals surface area contributed by atoms with Crippen LogP contribution in [-0.2, 0) is 4.74 Å². The molecular weight excluding hydrogens is 148 g/mol. The number of hydrogen-bond acceptors (Lipinski definition) is 1. The van der Waals surface area contributed by atoms with E-state index in [1.54, 1.807) is 24.5 Å². The summed E-state index contributed by atoms with van der Waals surface area (Å²) in [4.78, 5) is 0. The van der Waals surface area contributed by atoms with E-state index in [0.717, 1.165) is 0 Å². The Labute approximate surface area is 75.1 Å². The van der Waals surface area contributed by atoms with Crippen LogP contribution in [0.5, 0.6) is 0 Å². The van der Waals surface area contributed by atoms with Crippen molar-refractivity contribution in [2.45, 2.75) is 33.1 Å². The quantitative estimate of drug-likeness (QED) is 0.452. The van der Waals surface area contributed by atoms with E-state index in [0.29, 0.717) is 5.92 Å². The number of hydrogen-bond donors (Lipinski definition) is 0. The van der Waals surface area contributed by atoms with Gasteiger partial charge >= 0.3 is 0 Å². The van der Waals surface area contributed by atoms with E-state index in [4.69, 9.17) is 4.74 Å². The fraction of sp³-hybridized carbons (Fsp3) is 0.636. The highest BCUT2D eigenvalue weighted by molar-refractivity contribution is 5.15.